The molecule has 1 amide bonds. The standard InChI is InChI=1S/C35H51NO8Si/c1-14-36(32(39)43-33(4,5)6)25-20-24-16-15-17-27-30(42-35(10,11)41-27)26(37)19-18-22(2)23(3)40-31(38)29(24)28(21-25)44-45(12,13)34(7,8)9/h18-23,27,30H,14,17H2,1-13H3/t22-,23+,27+,30-/m1/s1. The van der Waals surface area contributed by atoms with Gasteiger partial charge in [0, 0.05) is 30.5 Å². The van der Waals surface area contributed by atoms with E-state index >= 15 is 0 Å². The maximum Gasteiger partial charge on any atom is 0.414 e. The van der Waals surface area contributed by atoms with Crippen LogP contribution in [0.4, 0.5) is 10.5 Å². The van der Waals surface area contributed by atoms with Gasteiger partial charge in [-0.3, -0.25) is 9.69 Å². The highest BCUT2D eigenvalue weighted by molar-refractivity contribution is 6.74. The molecule has 0 radical (unpaired) electrons. The summed E-state index contributed by atoms with van der Waals surface area (Å²) in [5, 5.41) is -0.191. The number of carbonyl (C=O) groups excluding carboxylic acids is 3. The zero-order valence-corrected chi connectivity index (χ0v) is 30.2. The highest BCUT2D eigenvalue weighted by Crippen LogP contribution is 2.41. The minimum atomic E-state index is -2.50. The van der Waals surface area contributed by atoms with Crippen LogP contribution in [0.2, 0.25) is 18.1 Å². The summed E-state index contributed by atoms with van der Waals surface area (Å²) in [6, 6.07) is 3.39. The lowest BCUT2D eigenvalue weighted by molar-refractivity contribution is -0.152. The third-order valence-electron chi connectivity index (χ3n) is 8.29. The van der Waals surface area contributed by atoms with E-state index in [1.807, 2.05) is 13.8 Å². The highest BCUT2D eigenvalue weighted by Gasteiger charge is 2.44. The minimum Gasteiger partial charge on any atom is -0.543 e. The van der Waals surface area contributed by atoms with Gasteiger partial charge in [0.25, 0.3) is 8.32 Å². The van der Waals surface area contributed by atoms with E-state index in [9.17, 15) is 14.4 Å². The maximum atomic E-state index is 14.0. The second kappa shape index (κ2) is 13.3. The van der Waals surface area contributed by atoms with E-state index in [1.54, 1.807) is 59.8 Å². The Balaban J connectivity index is 2.28. The monoisotopic (exact) mass is 641 g/mol. The number of cyclic esters (lactones) is 1. The van der Waals surface area contributed by atoms with E-state index in [4.69, 9.17) is 23.4 Å². The Morgan fingerprint density at radius 1 is 1.09 bits per heavy atom. The molecule has 2 heterocycles. The van der Waals surface area contributed by atoms with Crippen molar-refractivity contribution in [1.29, 1.82) is 0 Å². The number of rotatable bonds is 4. The quantitative estimate of drug-likeness (QED) is 0.190. The van der Waals surface area contributed by atoms with E-state index < -0.39 is 50.1 Å². The van der Waals surface area contributed by atoms with Crippen molar-refractivity contribution in [2.45, 2.75) is 130 Å². The molecule has 248 valence electrons. The molecule has 0 aromatic heterocycles. The van der Waals surface area contributed by atoms with Crippen LogP contribution in [0.15, 0.2) is 24.3 Å². The summed E-state index contributed by atoms with van der Waals surface area (Å²) in [6.07, 6.45) is 0.807. The average molecular weight is 642 g/mol. The molecule has 1 aromatic carbocycles. The Morgan fingerprint density at radius 2 is 1.73 bits per heavy atom. The van der Waals surface area contributed by atoms with Crippen molar-refractivity contribution < 1.29 is 37.8 Å². The number of carbonyl (C=O) groups is 3. The Kier molecular flexibility index (Phi) is 10.7. The Labute approximate surface area is 270 Å². The summed E-state index contributed by atoms with van der Waals surface area (Å²) >= 11 is 0. The SMILES string of the molecule is CCN(C(=O)OC(C)(C)C)c1cc2c(c(O[Si](C)(C)C(C)(C)C)c1)C(=O)O[C@@H](C)[C@H](C)C=CC(=O)[C@H]1OC(C)(C)O[C@H]1CC#C2. The van der Waals surface area contributed by atoms with Gasteiger partial charge in [0.15, 0.2) is 17.7 Å². The summed E-state index contributed by atoms with van der Waals surface area (Å²) in [7, 11) is -2.50. The smallest absolute Gasteiger partial charge is 0.414 e. The van der Waals surface area contributed by atoms with Gasteiger partial charge in [0.1, 0.15) is 29.1 Å². The highest BCUT2D eigenvalue weighted by atomic mass is 28.4. The Bertz CT molecular complexity index is 1390. The first-order valence-electron chi connectivity index (χ1n) is 15.7. The van der Waals surface area contributed by atoms with Crippen molar-refractivity contribution in [3.63, 3.8) is 0 Å². The van der Waals surface area contributed by atoms with E-state index in [0.29, 0.717) is 23.5 Å². The molecule has 1 aromatic rings. The number of esters is 1. The van der Waals surface area contributed by atoms with Crippen LogP contribution in [0.5, 0.6) is 5.75 Å². The molecule has 0 aliphatic carbocycles. The molecule has 10 heteroatoms. The summed E-state index contributed by atoms with van der Waals surface area (Å²) in [5.41, 5.74) is 0.283. The van der Waals surface area contributed by atoms with Crippen molar-refractivity contribution in [3.8, 4) is 17.6 Å². The topological polar surface area (TPSA) is 101 Å². The zero-order valence-electron chi connectivity index (χ0n) is 29.2. The van der Waals surface area contributed by atoms with Crippen LogP contribution < -0.4 is 9.33 Å². The van der Waals surface area contributed by atoms with Crippen LogP contribution in [-0.4, -0.2) is 62.4 Å². The van der Waals surface area contributed by atoms with E-state index in [1.165, 1.54) is 11.0 Å². The molecule has 3 rings (SSSR count). The fraction of sp³-hybridized carbons (Fsp3) is 0.629. The molecule has 0 saturated carbocycles. The van der Waals surface area contributed by atoms with E-state index in [0.717, 1.165) is 0 Å². The van der Waals surface area contributed by atoms with Crippen molar-refractivity contribution in [2.24, 2.45) is 5.92 Å². The molecule has 0 bridgehead atoms. The van der Waals surface area contributed by atoms with Gasteiger partial charge in [-0.1, -0.05) is 45.6 Å². The predicted octanol–water partition coefficient (Wildman–Crippen LogP) is 7.41. The number of hydrogen-bond acceptors (Lipinski definition) is 8. The average Bonchev–Trinajstić information content (AvgIpc) is 3.19. The fourth-order valence-corrected chi connectivity index (χ4v) is 5.63. The number of amides is 1. The summed E-state index contributed by atoms with van der Waals surface area (Å²) in [4.78, 5) is 41.9. The molecule has 2 aliphatic rings. The lowest BCUT2D eigenvalue weighted by atomic mass is 10.00. The van der Waals surface area contributed by atoms with E-state index in [-0.39, 0.29) is 28.7 Å². The number of benzene rings is 1. The molecule has 0 N–H and O–H groups in total. The van der Waals surface area contributed by atoms with Gasteiger partial charge in [-0.2, -0.15) is 0 Å². The second-order valence-electron chi connectivity index (χ2n) is 14.8. The number of hydrogen-bond donors (Lipinski definition) is 0. The van der Waals surface area contributed by atoms with Gasteiger partial charge in [-0.25, -0.2) is 9.59 Å². The van der Waals surface area contributed by atoms with Gasteiger partial charge in [0.05, 0.1) is 5.69 Å². The van der Waals surface area contributed by atoms with Gasteiger partial charge < -0.3 is 23.4 Å². The van der Waals surface area contributed by atoms with Crippen LogP contribution in [0, 0.1) is 17.8 Å². The third kappa shape index (κ3) is 8.99. The van der Waals surface area contributed by atoms with Gasteiger partial charge in [-0.05, 0) is 78.7 Å². The molecule has 0 unspecified atom stereocenters. The molecule has 0 spiro atoms. The molecule has 9 nitrogen and oxygen atoms in total. The molecule has 1 saturated heterocycles. The first-order valence-corrected chi connectivity index (χ1v) is 18.6. The lowest BCUT2D eigenvalue weighted by Gasteiger charge is -2.37. The van der Waals surface area contributed by atoms with Crippen LogP contribution in [0.3, 0.4) is 0 Å². The number of ketones is 1. The minimum absolute atomic E-state index is 0.167. The van der Waals surface area contributed by atoms with E-state index in [2.05, 4.69) is 45.7 Å². The van der Waals surface area contributed by atoms with Crippen molar-refractivity contribution >= 4 is 31.9 Å². The summed E-state index contributed by atoms with van der Waals surface area (Å²) < 4.78 is 30.5. The van der Waals surface area contributed by atoms with Crippen LogP contribution in [0.25, 0.3) is 0 Å². The maximum absolute atomic E-state index is 14.0. The van der Waals surface area contributed by atoms with Gasteiger partial charge in [-0.15, -0.1) is 0 Å². The summed E-state index contributed by atoms with van der Waals surface area (Å²) in [6.45, 7) is 25.2. The first kappa shape index (κ1) is 36.3. The van der Waals surface area contributed by atoms with Crippen molar-refractivity contribution in [3.05, 3.63) is 35.4 Å². The largest absolute Gasteiger partial charge is 0.543 e. The lowest BCUT2D eigenvalue weighted by Crippen LogP contribution is -2.44. The zero-order chi connectivity index (χ0) is 34.1. The molecular formula is C35H51NO8Si. The molecular weight excluding hydrogens is 590 g/mol. The second-order valence-corrected chi connectivity index (χ2v) is 19.5. The normalized spacial score (nSPS) is 23.9. The molecule has 1 fully saturated rings. The Hall–Kier alpha value is -3.13. The van der Waals surface area contributed by atoms with Crippen molar-refractivity contribution in [1.82, 2.24) is 0 Å². The first-order chi connectivity index (χ1) is 20.5. The fourth-order valence-electron chi connectivity index (χ4n) is 4.61. The van der Waals surface area contributed by atoms with Crippen LogP contribution in [-0.2, 0) is 23.7 Å². The third-order valence-corrected chi connectivity index (χ3v) is 12.6. The van der Waals surface area contributed by atoms with Gasteiger partial charge in [0.2, 0.25) is 0 Å². The Morgan fingerprint density at radius 3 is 2.31 bits per heavy atom. The van der Waals surface area contributed by atoms with Crippen LogP contribution >= 0.6 is 0 Å². The number of ether oxygens (including phenoxy) is 4. The number of nitrogens with zero attached hydrogens (tertiary/aromatic N) is 1. The molecule has 4 atom stereocenters. The van der Waals surface area contributed by atoms with Crippen molar-refractivity contribution in [2.75, 3.05) is 11.4 Å². The molecule has 2 aliphatic heterocycles. The summed E-state index contributed by atoms with van der Waals surface area (Å²) in [5.74, 6) is 4.48. The molecule has 45 heavy (non-hydrogen) atoms. The van der Waals surface area contributed by atoms with Crippen LogP contribution in [0.1, 0.15) is 98.5 Å². The number of anilines is 1. The van der Waals surface area contributed by atoms with Gasteiger partial charge >= 0.3 is 12.1 Å². The number of fused-ring (bicyclic) bond motifs is 2. The predicted molar refractivity (Wildman–Crippen MR) is 177 cm³/mol.